The number of thiazole rings is 1. The molecule has 0 bridgehead atoms. The first-order chi connectivity index (χ1) is 9.90. The Morgan fingerprint density at radius 2 is 2.14 bits per heavy atom. The summed E-state index contributed by atoms with van der Waals surface area (Å²) in [7, 11) is 0. The molecule has 5 nitrogen and oxygen atoms in total. The summed E-state index contributed by atoms with van der Waals surface area (Å²) in [5, 5.41) is 15.1. The molecule has 1 aliphatic rings. The molecule has 6 heteroatoms. The summed E-state index contributed by atoms with van der Waals surface area (Å²) < 4.78 is 0. The summed E-state index contributed by atoms with van der Waals surface area (Å²) >= 11 is 1.59. The minimum Gasteiger partial charge on any atom is -0.396 e. The number of nitrogens with one attached hydrogen (secondary N) is 1. The quantitative estimate of drug-likeness (QED) is 0.900. The van der Waals surface area contributed by atoms with Crippen LogP contribution in [-0.4, -0.2) is 40.7 Å². The van der Waals surface area contributed by atoms with Crippen molar-refractivity contribution in [1.29, 1.82) is 0 Å². The molecule has 2 rings (SSSR count). The normalized spacial score (nSPS) is 17.0. The number of nitrogens with zero attached hydrogens (tertiary/aromatic N) is 2. The third kappa shape index (κ3) is 4.41. The number of carbonyl (C=O) groups excluding carboxylic acids is 1. The molecule has 0 radical (unpaired) electrons. The summed E-state index contributed by atoms with van der Waals surface area (Å²) in [6, 6.07) is -0.0288. The van der Waals surface area contributed by atoms with Gasteiger partial charge in [0.15, 0.2) is 0 Å². The van der Waals surface area contributed by atoms with Crippen molar-refractivity contribution in [3.05, 3.63) is 16.1 Å². The van der Waals surface area contributed by atoms with Gasteiger partial charge in [-0.05, 0) is 18.8 Å². The van der Waals surface area contributed by atoms with Crippen LogP contribution >= 0.6 is 11.3 Å². The van der Waals surface area contributed by atoms with E-state index < -0.39 is 0 Å². The van der Waals surface area contributed by atoms with Crippen LogP contribution in [0.1, 0.15) is 44.3 Å². The Labute approximate surface area is 130 Å². The van der Waals surface area contributed by atoms with Gasteiger partial charge < -0.3 is 15.3 Å². The highest BCUT2D eigenvalue weighted by atomic mass is 32.1. The fraction of sp³-hybridized carbons (Fsp3) is 0.733. The predicted octanol–water partition coefficient (Wildman–Crippen LogP) is 2.35. The number of aliphatic hydroxyl groups is 1. The third-order valence-electron chi connectivity index (χ3n) is 3.87. The lowest BCUT2D eigenvalue weighted by Gasteiger charge is -2.31. The van der Waals surface area contributed by atoms with Gasteiger partial charge in [-0.1, -0.05) is 20.8 Å². The van der Waals surface area contributed by atoms with Crippen molar-refractivity contribution in [1.82, 2.24) is 15.2 Å². The van der Waals surface area contributed by atoms with Gasteiger partial charge in [0, 0.05) is 30.5 Å². The standard InChI is InChI=1S/C15H25N3O2S/c1-15(2,3)12-10-21-13(17-12)8-16-14(20)18-6-4-11(9-19)5-7-18/h10-11,19H,4-9H2,1-3H3,(H,16,20). The van der Waals surface area contributed by atoms with Crippen molar-refractivity contribution in [2.75, 3.05) is 19.7 Å². The van der Waals surface area contributed by atoms with Crippen LogP contribution in [0.25, 0.3) is 0 Å². The van der Waals surface area contributed by atoms with Gasteiger partial charge in [-0.15, -0.1) is 11.3 Å². The van der Waals surface area contributed by atoms with Gasteiger partial charge in [0.1, 0.15) is 5.01 Å². The molecule has 0 atom stereocenters. The number of piperidine rings is 1. The van der Waals surface area contributed by atoms with Crippen molar-refractivity contribution >= 4 is 17.4 Å². The van der Waals surface area contributed by atoms with Gasteiger partial charge in [0.25, 0.3) is 0 Å². The Kier molecular flexibility index (Phi) is 5.22. The maximum Gasteiger partial charge on any atom is 0.317 e. The minimum absolute atomic E-state index is 0.0288. The van der Waals surface area contributed by atoms with E-state index in [2.05, 4.69) is 36.5 Å². The first-order valence-electron chi connectivity index (χ1n) is 7.48. The Bertz CT molecular complexity index is 474. The lowest BCUT2D eigenvalue weighted by molar-refractivity contribution is 0.137. The van der Waals surface area contributed by atoms with Gasteiger partial charge in [-0.2, -0.15) is 0 Å². The lowest BCUT2D eigenvalue weighted by atomic mass is 9.93. The first-order valence-corrected chi connectivity index (χ1v) is 8.36. The Hall–Kier alpha value is -1.14. The van der Waals surface area contributed by atoms with E-state index in [1.807, 2.05) is 4.90 Å². The fourth-order valence-electron chi connectivity index (χ4n) is 2.32. The largest absolute Gasteiger partial charge is 0.396 e. The average Bonchev–Trinajstić information content (AvgIpc) is 2.94. The molecule has 0 aromatic carbocycles. The number of likely N-dealkylation sites (tertiary alicyclic amines) is 1. The zero-order valence-corrected chi connectivity index (χ0v) is 13.9. The number of aliphatic hydroxyl groups excluding tert-OH is 1. The maximum absolute atomic E-state index is 12.1. The summed E-state index contributed by atoms with van der Waals surface area (Å²) in [6.45, 7) is 8.56. The summed E-state index contributed by atoms with van der Waals surface area (Å²) in [6.07, 6.45) is 1.77. The molecule has 1 aromatic rings. The van der Waals surface area contributed by atoms with Gasteiger partial charge in [-0.25, -0.2) is 9.78 Å². The molecular weight excluding hydrogens is 286 g/mol. The minimum atomic E-state index is -0.0288. The van der Waals surface area contributed by atoms with E-state index in [0.717, 1.165) is 36.6 Å². The zero-order chi connectivity index (χ0) is 15.5. The summed E-state index contributed by atoms with van der Waals surface area (Å²) in [4.78, 5) is 18.5. The monoisotopic (exact) mass is 311 g/mol. The topological polar surface area (TPSA) is 65.5 Å². The van der Waals surface area contributed by atoms with Gasteiger partial charge in [0.2, 0.25) is 0 Å². The van der Waals surface area contributed by atoms with Crippen LogP contribution < -0.4 is 5.32 Å². The average molecular weight is 311 g/mol. The van der Waals surface area contributed by atoms with Crippen LogP contribution in [0, 0.1) is 5.92 Å². The van der Waals surface area contributed by atoms with Gasteiger partial charge in [0.05, 0.1) is 12.2 Å². The number of amides is 2. The molecule has 1 aromatic heterocycles. The van der Waals surface area contributed by atoms with Crippen LogP contribution in [0.3, 0.4) is 0 Å². The van der Waals surface area contributed by atoms with Crippen molar-refractivity contribution < 1.29 is 9.90 Å². The van der Waals surface area contributed by atoms with E-state index in [9.17, 15) is 4.79 Å². The smallest absolute Gasteiger partial charge is 0.317 e. The second-order valence-corrected chi connectivity index (χ2v) is 7.59. The third-order valence-corrected chi connectivity index (χ3v) is 4.72. The number of hydrogen-bond donors (Lipinski definition) is 2. The predicted molar refractivity (Wildman–Crippen MR) is 84.4 cm³/mol. The number of hydrogen-bond acceptors (Lipinski definition) is 4. The number of urea groups is 1. The van der Waals surface area contributed by atoms with Crippen LogP contribution in [0.4, 0.5) is 4.79 Å². The second kappa shape index (κ2) is 6.75. The molecule has 21 heavy (non-hydrogen) atoms. The molecule has 0 spiro atoms. The molecule has 0 unspecified atom stereocenters. The number of rotatable bonds is 3. The highest BCUT2D eigenvalue weighted by Crippen LogP contribution is 2.23. The van der Waals surface area contributed by atoms with E-state index in [-0.39, 0.29) is 18.1 Å². The van der Waals surface area contributed by atoms with Crippen LogP contribution in [0.2, 0.25) is 0 Å². The van der Waals surface area contributed by atoms with E-state index in [1.54, 1.807) is 11.3 Å². The number of aromatic nitrogens is 1. The lowest BCUT2D eigenvalue weighted by Crippen LogP contribution is -2.44. The molecule has 118 valence electrons. The fourth-order valence-corrected chi connectivity index (χ4v) is 3.28. The maximum atomic E-state index is 12.1. The van der Waals surface area contributed by atoms with Gasteiger partial charge in [-0.3, -0.25) is 0 Å². The molecule has 0 saturated carbocycles. The molecule has 2 heterocycles. The van der Waals surface area contributed by atoms with Gasteiger partial charge >= 0.3 is 6.03 Å². The SMILES string of the molecule is CC(C)(C)c1csc(CNC(=O)N2CCC(CO)CC2)n1. The molecule has 1 aliphatic heterocycles. The van der Waals surface area contributed by atoms with Crippen molar-refractivity contribution in [2.24, 2.45) is 5.92 Å². The van der Waals surface area contributed by atoms with Crippen molar-refractivity contribution in [3.8, 4) is 0 Å². The number of carbonyl (C=O) groups is 1. The summed E-state index contributed by atoms with van der Waals surface area (Å²) in [5.41, 5.74) is 1.12. The Balaban J connectivity index is 1.80. The zero-order valence-electron chi connectivity index (χ0n) is 13.1. The van der Waals surface area contributed by atoms with E-state index in [0.29, 0.717) is 12.5 Å². The Morgan fingerprint density at radius 1 is 1.48 bits per heavy atom. The summed E-state index contributed by atoms with van der Waals surface area (Å²) in [5.74, 6) is 0.349. The molecule has 1 fully saturated rings. The van der Waals surface area contributed by atoms with E-state index >= 15 is 0 Å². The molecule has 2 amide bonds. The molecule has 0 aliphatic carbocycles. The van der Waals surface area contributed by atoms with Crippen molar-refractivity contribution in [3.63, 3.8) is 0 Å². The molecule has 2 N–H and O–H groups in total. The highest BCUT2D eigenvalue weighted by molar-refractivity contribution is 7.09. The van der Waals surface area contributed by atoms with Crippen LogP contribution in [-0.2, 0) is 12.0 Å². The van der Waals surface area contributed by atoms with E-state index in [4.69, 9.17) is 5.11 Å². The second-order valence-electron chi connectivity index (χ2n) is 6.65. The highest BCUT2D eigenvalue weighted by Gasteiger charge is 2.22. The molecule has 1 saturated heterocycles. The molecular formula is C15H25N3O2S. The van der Waals surface area contributed by atoms with Crippen LogP contribution in [0.5, 0.6) is 0 Å². The van der Waals surface area contributed by atoms with Crippen molar-refractivity contribution in [2.45, 2.75) is 45.6 Å². The first kappa shape index (κ1) is 16.2. The van der Waals surface area contributed by atoms with E-state index in [1.165, 1.54) is 0 Å². The Morgan fingerprint density at radius 3 is 2.67 bits per heavy atom. The van der Waals surface area contributed by atoms with Crippen LogP contribution in [0.15, 0.2) is 5.38 Å².